The van der Waals surface area contributed by atoms with E-state index in [1.165, 1.54) is 6.07 Å². The van der Waals surface area contributed by atoms with Crippen LogP contribution in [0.5, 0.6) is 0 Å². The van der Waals surface area contributed by atoms with E-state index in [9.17, 15) is 9.18 Å². The second-order valence-corrected chi connectivity index (χ2v) is 6.73. The summed E-state index contributed by atoms with van der Waals surface area (Å²) in [7, 11) is 0. The number of aromatic nitrogens is 2. The lowest BCUT2D eigenvalue weighted by molar-refractivity contribution is 0.0705. The summed E-state index contributed by atoms with van der Waals surface area (Å²) >= 11 is 6.17. The van der Waals surface area contributed by atoms with E-state index in [0.717, 1.165) is 6.42 Å². The molecule has 0 spiro atoms. The van der Waals surface area contributed by atoms with Crippen molar-refractivity contribution in [3.63, 3.8) is 0 Å². The van der Waals surface area contributed by atoms with Gasteiger partial charge in [0.05, 0.1) is 10.6 Å². The molecular weight excluding hydrogens is 333 g/mol. The molecular formula is C17H19ClFN3O2. The van der Waals surface area contributed by atoms with Gasteiger partial charge in [-0.2, -0.15) is 4.98 Å². The minimum absolute atomic E-state index is 0.0906. The summed E-state index contributed by atoms with van der Waals surface area (Å²) in [4.78, 5) is 18.8. The van der Waals surface area contributed by atoms with Crippen molar-refractivity contribution in [2.24, 2.45) is 0 Å². The number of halogens is 2. The lowest BCUT2D eigenvalue weighted by Gasteiger charge is -2.23. The minimum Gasteiger partial charge on any atom is -0.337 e. The Morgan fingerprint density at radius 3 is 2.88 bits per heavy atom. The molecule has 24 heavy (non-hydrogen) atoms. The fraction of sp³-hybridized carbons (Fsp3) is 0.471. The number of amides is 1. The summed E-state index contributed by atoms with van der Waals surface area (Å²) in [6.45, 7) is 6.18. The van der Waals surface area contributed by atoms with Crippen LogP contribution in [-0.2, 0) is 0 Å². The molecule has 1 aromatic heterocycles. The molecule has 3 rings (SSSR count). The number of hydrogen-bond donors (Lipinski definition) is 0. The van der Waals surface area contributed by atoms with Gasteiger partial charge >= 0.3 is 0 Å². The van der Waals surface area contributed by atoms with Crippen LogP contribution in [0.1, 0.15) is 66.3 Å². The zero-order chi connectivity index (χ0) is 17.4. The highest BCUT2D eigenvalue weighted by atomic mass is 35.5. The van der Waals surface area contributed by atoms with E-state index in [1.54, 1.807) is 17.9 Å². The Morgan fingerprint density at radius 2 is 2.21 bits per heavy atom. The fourth-order valence-corrected chi connectivity index (χ4v) is 3.11. The van der Waals surface area contributed by atoms with Crippen molar-refractivity contribution in [1.82, 2.24) is 15.0 Å². The second-order valence-electron chi connectivity index (χ2n) is 6.36. The van der Waals surface area contributed by atoms with Crippen molar-refractivity contribution in [3.8, 4) is 0 Å². The van der Waals surface area contributed by atoms with Gasteiger partial charge in [-0.05, 0) is 31.4 Å². The molecule has 1 unspecified atom stereocenters. The maximum Gasteiger partial charge on any atom is 0.259 e. The van der Waals surface area contributed by atoms with Gasteiger partial charge < -0.3 is 9.42 Å². The lowest BCUT2D eigenvalue weighted by atomic mass is 10.1. The molecule has 1 fully saturated rings. The SMILES string of the molecule is Cc1ccc(F)c(C(=O)N2CCCC2c2nc(C(C)C)no2)c1Cl. The van der Waals surface area contributed by atoms with Gasteiger partial charge in [-0.15, -0.1) is 0 Å². The third-order valence-electron chi connectivity index (χ3n) is 4.27. The number of carbonyl (C=O) groups is 1. The fourth-order valence-electron chi connectivity index (χ4n) is 2.88. The molecule has 0 aliphatic carbocycles. The summed E-state index contributed by atoms with van der Waals surface area (Å²) in [6, 6.07) is 2.49. The molecule has 1 aliphatic heterocycles. The summed E-state index contributed by atoms with van der Waals surface area (Å²) in [5.41, 5.74) is 0.573. The number of likely N-dealkylation sites (tertiary alicyclic amines) is 1. The van der Waals surface area contributed by atoms with Crippen LogP contribution in [0.4, 0.5) is 4.39 Å². The lowest BCUT2D eigenvalue weighted by Crippen LogP contribution is -2.31. The Labute approximate surface area is 144 Å². The molecule has 128 valence electrons. The van der Waals surface area contributed by atoms with Crippen molar-refractivity contribution in [2.45, 2.75) is 45.6 Å². The summed E-state index contributed by atoms with van der Waals surface area (Å²) < 4.78 is 19.5. The van der Waals surface area contributed by atoms with Crippen LogP contribution in [0.25, 0.3) is 0 Å². The molecule has 2 heterocycles. The van der Waals surface area contributed by atoms with Crippen molar-refractivity contribution in [2.75, 3.05) is 6.54 Å². The van der Waals surface area contributed by atoms with Gasteiger partial charge in [-0.25, -0.2) is 4.39 Å². The normalized spacial score (nSPS) is 17.8. The highest BCUT2D eigenvalue weighted by molar-refractivity contribution is 6.34. The van der Waals surface area contributed by atoms with Crippen molar-refractivity contribution < 1.29 is 13.7 Å². The molecule has 1 aromatic carbocycles. The number of aryl methyl sites for hydroxylation is 1. The van der Waals surface area contributed by atoms with Crippen LogP contribution < -0.4 is 0 Å². The number of rotatable bonds is 3. The van der Waals surface area contributed by atoms with Crippen LogP contribution in [-0.4, -0.2) is 27.5 Å². The molecule has 1 amide bonds. The first-order valence-corrected chi connectivity index (χ1v) is 8.37. The van der Waals surface area contributed by atoms with Crippen LogP contribution >= 0.6 is 11.6 Å². The number of nitrogens with zero attached hydrogens (tertiary/aromatic N) is 3. The number of hydrogen-bond acceptors (Lipinski definition) is 4. The van der Waals surface area contributed by atoms with E-state index < -0.39 is 11.7 Å². The van der Waals surface area contributed by atoms with Crippen molar-refractivity contribution in [1.29, 1.82) is 0 Å². The predicted octanol–water partition coefficient (Wildman–Crippen LogP) is 4.27. The van der Waals surface area contributed by atoms with Gasteiger partial charge in [0.25, 0.3) is 5.91 Å². The zero-order valence-corrected chi connectivity index (χ0v) is 14.6. The monoisotopic (exact) mass is 351 g/mol. The summed E-state index contributed by atoms with van der Waals surface area (Å²) in [6.07, 6.45) is 1.50. The standard InChI is InChI=1S/C17H19ClFN3O2/c1-9(2)15-20-16(24-21-15)12-5-4-8-22(12)17(23)13-11(19)7-6-10(3)14(13)18/h6-7,9,12H,4-5,8H2,1-3H3. The molecule has 7 heteroatoms. The van der Waals surface area contributed by atoms with Gasteiger partial charge in [0, 0.05) is 12.5 Å². The van der Waals surface area contributed by atoms with Crippen LogP contribution in [0, 0.1) is 12.7 Å². The molecule has 0 saturated carbocycles. The number of carbonyl (C=O) groups excluding carboxylic acids is 1. The van der Waals surface area contributed by atoms with Crippen molar-refractivity contribution in [3.05, 3.63) is 45.8 Å². The maximum atomic E-state index is 14.2. The molecule has 1 saturated heterocycles. The molecule has 0 bridgehead atoms. The van der Waals surface area contributed by atoms with Crippen LogP contribution in [0.15, 0.2) is 16.7 Å². The van der Waals surface area contributed by atoms with E-state index in [-0.39, 0.29) is 22.5 Å². The number of benzene rings is 1. The summed E-state index contributed by atoms with van der Waals surface area (Å²) in [5.74, 6) is 0.0807. The smallest absolute Gasteiger partial charge is 0.259 e. The van der Waals surface area contributed by atoms with E-state index in [1.807, 2.05) is 13.8 Å². The quantitative estimate of drug-likeness (QED) is 0.828. The molecule has 5 nitrogen and oxygen atoms in total. The van der Waals surface area contributed by atoms with Crippen LogP contribution in [0.2, 0.25) is 5.02 Å². The van der Waals surface area contributed by atoms with Gasteiger partial charge in [-0.3, -0.25) is 4.79 Å². The summed E-state index contributed by atoms with van der Waals surface area (Å²) in [5, 5.41) is 4.10. The second kappa shape index (κ2) is 6.51. The molecule has 2 aromatic rings. The Balaban J connectivity index is 1.93. The van der Waals surface area contributed by atoms with E-state index >= 15 is 0 Å². The highest BCUT2D eigenvalue weighted by Crippen LogP contribution is 2.35. The molecule has 1 atom stereocenters. The van der Waals surface area contributed by atoms with E-state index in [0.29, 0.717) is 30.2 Å². The zero-order valence-electron chi connectivity index (χ0n) is 13.8. The Morgan fingerprint density at radius 1 is 1.46 bits per heavy atom. The van der Waals surface area contributed by atoms with Gasteiger partial charge in [0.2, 0.25) is 5.89 Å². The molecule has 0 radical (unpaired) electrons. The van der Waals surface area contributed by atoms with E-state index in [4.69, 9.17) is 16.1 Å². The van der Waals surface area contributed by atoms with Gasteiger partial charge in [0.15, 0.2) is 5.82 Å². The van der Waals surface area contributed by atoms with Crippen LogP contribution in [0.3, 0.4) is 0 Å². The van der Waals surface area contributed by atoms with Gasteiger partial charge in [0.1, 0.15) is 11.9 Å². The first kappa shape index (κ1) is 16.9. The highest BCUT2D eigenvalue weighted by Gasteiger charge is 2.36. The first-order chi connectivity index (χ1) is 11.4. The average molecular weight is 352 g/mol. The van der Waals surface area contributed by atoms with Crippen molar-refractivity contribution >= 4 is 17.5 Å². The Bertz CT molecular complexity index is 775. The Hall–Kier alpha value is -1.95. The van der Waals surface area contributed by atoms with E-state index in [2.05, 4.69) is 10.1 Å². The third kappa shape index (κ3) is 2.90. The maximum absolute atomic E-state index is 14.2. The largest absolute Gasteiger partial charge is 0.337 e. The third-order valence-corrected chi connectivity index (χ3v) is 4.76. The minimum atomic E-state index is -0.616. The average Bonchev–Trinajstić information content (AvgIpc) is 3.19. The van der Waals surface area contributed by atoms with Gasteiger partial charge in [-0.1, -0.05) is 36.7 Å². The molecule has 0 N–H and O–H groups in total. The molecule has 1 aliphatic rings. The predicted molar refractivity (Wildman–Crippen MR) is 87.5 cm³/mol. The topological polar surface area (TPSA) is 59.2 Å². The first-order valence-electron chi connectivity index (χ1n) is 7.99. The Kier molecular flexibility index (Phi) is 4.58.